The van der Waals surface area contributed by atoms with Gasteiger partial charge in [0.1, 0.15) is 11.5 Å². The molecule has 4 nitrogen and oxygen atoms in total. The number of rotatable bonds is 9. The Morgan fingerprint density at radius 2 is 1.88 bits per heavy atom. The van der Waals surface area contributed by atoms with Gasteiger partial charge in [0.15, 0.2) is 0 Å². The van der Waals surface area contributed by atoms with Crippen molar-refractivity contribution in [3.8, 4) is 11.5 Å². The largest absolute Gasteiger partial charge is 0.494 e. The first-order valence-electron chi connectivity index (χ1n) is 9.05. The molecule has 0 unspecified atom stereocenters. The normalized spacial score (nSPS) is 10.9. The van der Waals surface area contributed by atoms with Crippen molar-refractivity contribution in [3.05, 3.63) is 60.2 Å². The average molecular weight is 353 g/mol. The van der Waals surface area contributed by atoms with Crippen molar-refractivity contribution in [2.75, 3.05) is 11.9 Å². The lowest BCUT2D eigenvalue weighted by molar-refractivity contribution is -0.111. The van der Waals surface area contributed by atoms with Crippen LogP contribution in [0.25, 0.3) is 6.08 Å². The summed E-state index contributed by atoms with van der Waals surface area (Å²) in [5.41, 5.74) is 1.65. The Morgan fingerprint density at radius 1 is 1.12 bits per heavy atom. The van der Waals surface area contributed by atoms with Crippen LogP contribution < -0.4 is 14.8 Å². The number of nitrogens with one attached hydrogen (secondary N) is 1. The molecule has 0 saturated carbocycles. The second-order valence-electron chi connectivity index (χ2n) is 6.29. The first-order valence-corrected chi connectivity index (χ1v) is 9.05. The van der Waals surface area contributed by atoms with Crippen molar-refractivity contribution in [2.24, 2.45) is 0 Å². The van der Waals surface area contributed by atoms with E-state index in [1.165, 1.54) is 6.08 Å². The highest BCUT2D eigenvalue weighted by Crippen LogP contribution is 2.17. The molecule has 0 spiro atoms. The number of unbranched alkanes of at least 4 members (excludes halogenated alkanes) is 1. The zero-order valence-electron chi connectivity index (χ0n) is 15.7. The summed E-state index contributed by atoms with van der Waals surface area (Å²) in [6.07, 6.45) is 5.54. The fraction of sp³-hybridized carbons (Fsp3) is 0.318. The van der Waals surface area contributed by atoms with E-state index in [0.29, 0.717) is 6.61 Å². The lowest BCUT2D eigenvalue weighted by atomic mass is 10.2. The molecule has 4 heteroatoms. The van der Waals surface area contributed by atoms with E-state index in [4.69, 9.17) is 9.47 Å². The number of hydrogen-bond donors (Lipinski definition) is 1. The summed E-state index contributed by atoms with van der Waals surface area (Å²) >= 11 is 0. The first kappa shape index (κ1) is 19.6. The average Bonchev–Trinajstić information content (AvgIpc) is 2.61. The van der Waals surface area contributed by atoms with Crippen LogP contribution in [0.1, 0.15) is 39.2 Å². The molecule has 2 rings (SSSR count). The zero-order valence-corrected chi connectivity index (χ0v) is 15.7. The Balaban J connectivity index is 1.88. The van der Waals surface area contributed by atoms with E-state index in [2.05, 4.69) is 12.2 Å². The van der Waals surface area contributed by atoms with Gasteiger partial charge in [-0.25, -0.2) is 0 Å². The molecule has 0 fully saturated rings. The van der Waals surface area contributed by atoms with E-state index in [1.54, 1.807) is 6.08 Å². The molecule has 0 aliphatic carbocycles. The molecule has 2 aromatic rings. The molecular weight excluding hydrogens is 326 g/mol. The quantitative estimate of drug-likeness (QED) is 0.491. The van der Waals surface area contributed by atoms with Crippen molar-refractivity contribution in [2.45, 2.75) is 39.7 Å². The second kappa shape index (κ2) is 10.3. The molecule has 138 valence electrons. The van der Waals surface area contributed by atoms with Gasteiger partial charge in [-0.05, 0) is 68.3 Å². The van der Waals surface area contributed by atoms with Gasteiger partial charge in [-0.3, -0.25) is 4.79 Å². The van der Waals surface area contributed by atoms with Gasteiger partial charge in [-0.1, -0.05) is 25.5 Å². The number of ether oxygens (including phenoxy) is 2. The summed E-state index contributed by atoms with van der Waals surface area (Å²) in [4.78, 5) is 12.1. The molecule has 0 atom stereocenters. The molecule has 0 aromatic heterocycles. The van der Waals surface area contributed by atoms with Crippen molar-refractivity contribution >= 4 is 17.7 Å². The Hall–Kier alpha value is -2.75. The third kappa shape index (κ3) is 7.01. The molecule has 0 heterocycles. The molecule has 0 aliphatic heterocycles. The number of carbonyl (C=O) groups excluding carboxylic acids is 1. The summed E-state index contributed by atoms with van der Waals surface area (Å²) < 4.78 is 11.3. The van der Waals surface area contributed by atoms with E-state index in [9.17, 15) is 4.79 Å². The smallest absolute Gasteiger partial charge is 0.248 e. The summed E-state index contributed by atoms with van der Waals surface area (Å²) in [6.45, 7) is 6.81. The van der Waals surface area contributed by atoms with E-state index in [-0.39, 0.29) is 12.0 Å². The van der Waals surface area contributed by atoms with Crippen LogP contribution in [0.2, 0.25) is 0 Å². The van der Waals surface area contributed by atoms with Gasteiger partial charge in [0.25, 0.3) is 0 Å². The number of benzene rings is 2. The van der Waals surface area contributed by atoms with Gasteiger partial charge >= 0.3 is 0 Å². The van der Waals surface area contributed by atoms with E-state index in [0.717, 1.165) is 35.6 Å². The number of hydrogen-bond acceptors (Lipinski definition) is 3. The predicted molar refractivity (Wildman–Crippen MR) is 107 cm³/mol. The van der Waals surface area contributed by atoms with Crippen LogP contribution in [-0.2, 0) is 4.79 Å². The summed E-state index contributed by atoms with van der Waals surface area (Å²) in [7, 11) is 0. The monoisotopic (exact) mass is 353 g/mol. The third-order valence-corrected chi connectivity index (χ3v) is 3.55. The standard InChI is InChI=1S/C22H27NO3/c1-4-5-15-25-20-12-10-19(11-13-20)23-22(24)14-9-18-7-6-8-21(16-18)26-17(2)3/h6-14,16-17H,4-5,15H2,1-3H3,(H,23,24)/b14-9+. The maximum absolute atomic E-state index is 12.1. The van der Waals surface area contributed by atoms with Crippen molar-refractivity contribution in [1.82, 2.24) is 0 Å². The highest BCUT2D eigenvalue weighted by molar-refractivity contribution is 6.01. The fourth-order valence-electron chi connectivity index (χ4n) is 2.29. The zero-order chi connectivity index (χ0) is 18.8. The molecule has 0 radical (unpaired) electrons. The van der Waals surface area contributed by atoms with Crippen molar-refractivity contribution in [3.63, 3.8) is 0 Å². The SMILES string of the molecule is CCCCOc1ccc(NC(=O)/C=C/c2cccc(OC(C)C)c2)cc1. The lowest BCUT2D eigenvalue weighted by Gasteiger charge is -2.09. The number of amides is 1. The third-order valence-electron chi connectivity index (χ3n) is 3.55. The Kier molecular flexibility index (Phi) is 7.75. The van der Waals surface area contributed by atoms with Crippen LogP contribution in [0.4, 0.5) is 5.69 Å². The highest BCUT2D eigenvalue weighted by atomic mass is 16.5. The molecular formula is C22H27NO3. The van der Waals surface area contributed by atoms with Crippen LogP contribution >= 0.6 is 0 Å². The van der Waals surface area contributed by atoms with Gasteiger partial charge in [0, 0.05) is 11.8 Å². The molecule has 1 N–H and O–H groups in total. The van der Waals surface area contributed by atoms with E-state index < -0.39 is 0 Å². The number of carbonyl (C=O) groups is 1. The molecule has 0 saturated heterocycles. The molecule has 26 heavy (non-hydrogen) atoms. The maximum Gasteiger partial charge on any atom is 0.248 e. The van der Waals surface area contributed by atoms with Gasteiger partial charge in [-0.2, -0.15) is 0 Å². The van der Waals surface area contributed by atoms with E-state index in [1.807, 2.05) is 62.4 Å². The van der Waals surface area contributed by atoms with Gasteiger partial charge in [-0.15, -0.1) is 0 Å². The van der Waals surface area contributed by atoms with Crippen LogP contribution in [0.15, 0.2) is 54.6 Å². The molecule has 0 bridgehead atoms. The van der Waals surface area contributed by atoms with Gasteiger partial charge in [0.2, 0.25) is 5.91 Å². The van der Waals surface area contributed by atoms with Crippen molar-refractivity contribution < 1.29 is 14.3 Å². The van der Waals surface area contributed by atoms with E-state index >= 15 is 0 Å². The molecule has 0 aliphatic rings. The predicted octanol–water partition coefficient (Wildman–Crippen LogP) is 5.30. The minimum atomic E-state index is -0.181. The maximum atomic E-state index is 12.1. The summed E-state index contributed by atoms with van der Waals surface area (Å²) in [5.74, 6) is 1.43. The minimum Gasteiger partial charge on any atom is -0.494 e. The molecule has 2 aromatic carbocycles. The van der Waals surface area contributed by atoms with Gasteiger partial charge < -0.3 is 14.8 Å². The number of anilines is 1. The Labute approximate surface area is 155 Å². The Morgan fingerprint density at radius 3 is 2.58 bits per heavy atom. The fourth-order valence-corrected chi connectivity index (χ4v) is 2.29. The van der Waals surface area contributed by atoms with Crippen LogP contribution in [-0.4, -0.2) is 18.6 Å². The van der Waals surface area contributed by atoms with Gasteiger partial charge in [0.05, 0.1) is 12.7 Å². The van der Waals surface area contributed by atoms with Crippen LogP contribution in [0.5, 0.6) is 11.5 Å². The highest BCUT2D eigenvalue weighted by Gasteiger charge is 2.01. The lowest BCUT2D eigenvalue weighted by Crippen LogP contribution is -2.07. The Bertz CT molecular complexity index is 720. The summed E-state index contributed by atoms with van der Waals surface area (Å²) in [6, 6.07) is 15.1. The second-order valence-corrected chi connectivity index (χ2v) is 6.29. The van der Waals surface area contributed by atoms with Crippen LogP contribution in [0.3, 0.4) is 0 Å². The topological polar surface area (TPSA) is 47.6 Å². The summed E-state index contributed by atoms with van der Waals surface area (Å²) in [5, 5.41) is 2.84. The molecule has 1 amide bonds. The van der Waals surface area contributed by atoms with Crippen LogP contribution in [0, 0.1) is 0 Å². The first-order chi connectivity index (χ1) is 12.6. The minimum absolute atomic E-state index is 0.117. The van der Waals surface area contributed by atoms with Crippen molar-refractivity contribution in [1.29, 1.82) is 0 Å².